The van der Waals surface area contributed by atoms with E-state index in [-0.39, 0.29) is 6.61 Å². The number of aliphatic hydroxyl groups excluding tert-OH is 1. The maximum absolute atomic E-state index is 8.74. The van der Waals surface area contributed by atoms with Crippen molar-refractivity contribution in [1.29, 1.82) is 0 Å². The maximum atomic E-state index is 8.74. The molecule has 1 aliphatic rings. The largest absolute Gasteiger partial charge is 0.467 e. The Morgan fingerprint density at radius 1 is 1.44 bits per heavy atom. The molecule has 0 saturated carbocycles. The molecule has 0 fully saturated rings. The predicted molar refractivity (Wildman–Crippen MR) is 65.0 cm³/mol. The molecule has 16 heavy (non-hydrogen) atoms. The highest BCUT2D eigenvalue weighted by atomic mass is 35.5. The van der Waals surface area contributed by atoms with E-state index >= 15 is 0 Å². The second kappa shape index (κ2) is 5.77. The van der Waals surface area contributed by atoms with Gasteiger partial charge in [-0.2, -0.15) is 11.8 Å². The maximum Gasteiger partial charge on any atom is 0.189 e. The highest BCUT2D eigenvalue weighted by molar-refractivity contribution is 7.98. The lowest BCUT2D eigenvalue weighted by atomic mass is 10.1. The first-order valence-electron chi connectivity index (χ1n) is 5.01. The van der Waals surface area contributed by atoms with Crippen molar-refractivity contribution in [2.24, 2.45) is 0 Å². The Hall–Kier alpha value is -0.420. The van der Waals surface area contributed by atoms with Crippen LogP contribution in [0.5, 0.6) is 5.75 Å². The minimum absolute atomic E-state index is 0.192. The van der Waals surface area contributed by atoms with Crippen LogP contribution in [0.1, 0.15) is 11.1 Å². The van der Waals surface area contributed by atoms with E-state index in [1.165, 1.54) is 0 Å². The Kier molecular flexibility index (Phi) is 4.35. The van der Waals surface area contributed by atoms with E-state index in [1.807, 2.05) is 12.1 Å². The quantitative estimate of drug-likeness (QED) is 0.844. The Morgan fingerprint density at radius 2 is 2.31 bits per heavy atom. The minimum atomic E-state index is 0.192. The molecule has 3 nitrogen and oxygen atoms in total. The monoisotopic (exact) mass is 260 g/mol. The van der Waals surface area contributed by atoms with Crippen molar-refractivity contribution < 1.29 is 14.6 Å². The summed E-state index contributed by atoms with van der Waals surface area (Å²) in [7, 11) is 0. The van der Waals surface area contributed by atoms with Crippen LogP contribution in [0.3, 0.4) is 0 Å². The molecule has 1 aliphatic heterocycles. The smallest absolute Gasteiger partial charge is 0.189 e. The first kappa shape index (κ1) is 12.0. The van der Waals surface area contributed by atoms with E-state index in [0.29, 0.717) is 18.4 Å². The summed E-state index contributed by atoms with van der Waals surface area (Å²) >= 11 is 7.68. The molecule has 0 aliphatic carbocycles. The number of aliphatic hydroxyl groups is 1. The first-order chi connectivity index (χ1) is 7.81. The van der Waals surface area contributed by atoms with Crippen LogP contribution in [0, 0.1) is 0 Å². The summed E-state index contributed by atoms with van der Waals surface area (Å²) in [6, 6.07) is 3.78. The molecule has 88 valence electrons. The summed E-state index contributed by atoms with van der Waals surface area (Å²) in [5.74, 6) is 2.41. The van der Waals surface area contributed by atoms with E-state index in [1.54, 1.807) is 11.8 Å². The summed E-state index contributed by atoms with van der Waals surface area (Å²) in [5.41, 5.74) is 2.07. The van der Waals surface area contributed by atoms with Gasteiger partial charge in [0, 0.05) is 27.7 Å². The normalized spacial score (nSPS) is 14.4. The van der Waals surface area contributed by atoms with Crippen LogP contribution in [0.15, 0.2) is 12.1 Å². The Balaban J connectivity index is 2.18. The van der Waals surface area contributed by atoms with Gasteiger partial charge in [0.15, 0.2) is 6.79 Å². The zero-order chi connectivity index (χ0) is 11.4. The molecule has 1 aromatic rings. The second-order valence-electron chi connectivity index (χ2n) is 3.44. The summed E-state index contributed by atoms with van der Waals surface area (Å²) in [6.07, 6.45) is 0. The van der Waals surface area contributed by atoms with Crippen molar-refractivity contribution >= 4 is 23.4 Å². The van der Waals surface area contributed by atoms with Gasteiger partial charge >= 0.3 is 0 Å². The van der Waals surface area contributed by atoms with Crippen molar-refractivity contribution in [2.75, 3.05) is 19.2 Å². The van der Waals surface area contributed by atoms with Gasteiger partial charge in [-0.3, -0.25) is 0 Å². The number of halogens is 1. The van der Waals surface area contributed by atoms with Crippen molar-refractivity contribution in [3.05, 3.63) is 28.3 Å². The third-order valence-corrected chi connectivity index (χ3v) is 3.45. The van der Waals surface area contributed by atoms with Crippen LogP contribution in [0.25, 0.3) is 0 Å². The molecule has 0 atom stereocenters. The lowest BCUT2D eigenvalue weighted by Gasteiger charge is -2.21. The van der Waals surface area contributed by atoms with Gasteiger partial charge in [-0.25, -0.2) is 0 Å². The highest BCUT2D eigenvalue weighted by Crippen LogP contribution is 2.33. The Labute approximate surface area is 104 Å². The molecule has 0 aromatic heterocycles. The molecular weight excluding hydrogens is 248 g/mol. The lowest BCUT2D eigenvalue weighted by molar-refractivity contribution is -0.0168. The van der Waals surface area contributed by atoms with E-state index in [2.05, 4.69) is 0 Å². The van der Waals surface area contributed by atoms with Crippen molar-refractivity contribution in [3.63, 3.8) is 0 Å². The van der Waals surface area contributed by atoms with Gasteiger partial charge in [0.05, 0.1) is 13.2 Å². The molecule has 5 heteroatoms. The SMILES string of the molecule is OCCSCc1cc(Cl)cc2c1OCOC2. The average Bonchev–Trinajstić information content (AvgIpc) is 2.29. The fourth-order valence-electron chi connectivity index (χ4n) is 1.61. The summed E-state index contributed by atoms with van der Waals surface area (Å²) in [4.78, 5) is 0. The number of hydrogen-bond donors (Lipinski definition) is 1. The third-order valence-electron chi connectivity index (χ3n) is 2.24. The Morgan fingerprint density at radius 3 is 3.12 bits per heavy atom. The second-order valence-corrected chi connectivity index (χ2v) is 4.98. The van der Waals surface area contributed by atoms with Crippen molar-refractivity contribution in [1.82, 2.24) is 0 Å². The number of thioether (sulfide) groups is 1. The van der Waals surface area contributed by atoms with E-state index < -0.39 is 0 Å². The average molecular weight is 261 g/mol. The van der Waals surface area contributed by atoms with Gasteiger partial charge in [-0.15, -0.1) is 0 Å². The standard InChI is InChI=1S/C11H13ClO3S/c12-10-3-8-5-14-7-15-11(8)9(4-10)6-16-2-1-13/h3-4,13H,1-2,5-7H2. The molecule has 0 spiro atoms. The predicted octanol–water partition coefficient (Wildman–Crippen LogP) is 2.43. The number of rotatable bonds is 4. The van der Waals surface area contributed by atoms with E-state index in [9.17, 15) is 0 Å². The third kappa shape index (κ3) is 2.83. The molecule has 0 bridgehead atoms. The van der Waals surface area contributed by atoms with Crippen LogP contribution in [-0.2, 0) is 17.1 Å². The van der Waals surface area contributed by atoms with Gasteiger partial charge in [0.2, 0.25) is 0 Å². The topological polar surface area (TPSA) is 38.7 Å². The van der Waals surface area contributed by atoms with Crippen LogP contribution in [0.4, 0.5) is 0 Å². The number of benzene rings is 1. The first-order valence-corrected chi connectivity index (χ1v) is 6.55. The van der Waals surface area contributed by atoms with Crippen molar-refractivity contribution in [3.8, 4) is 5.75 Å². The van der Waals surface area contributed by atoms with Gasteiger partial charge in [-0.1, -0.05) is 11.6 Å². The lowest BCUT2D eigenvalue weighted by Crippen LogP contribution is -2.13. The molecule has 0 saturated heterocycles. The van der Waals surface area contributed by atoms with Crippen molar-refractivity contribution in [2.45, 2.75) is 12.4 Å². The highest BCUT2D eigenvalue weighted by Gasteiger charge is 2.16. The molecule has 1 N–H and O–H groups in total. The Bertz CT molecular complexity index is 370. The molecule has 0 radical (unpaired) electrons. The summed E-state index contributed by atoms with van der Waals surface area (Å²) in [6.45, 7) is 1.04. The van der Waals surface area contributed by atoms with Gasteiger partial charge < -0.3 is 14.6 Å². The molecule has 0 unspecified atom stereocenters. The minimum Gasteiger partial charge on any atom is -0.467 e. The number of ether oxygens (including phenoxy) is 2. The molecule has 0 amide bonds. The van der Waals surface area contributed by atoms with Crippen LogP contribution in [-0.4, -0.2) is 24.3 Å². The van der Waals surface area contributed by atoms with E-state index in [0.717, 1.165) is 28.4 Å². The van der Waals surface area contributed by atoms with Crippen LogP contribution >= 0.6 is 23.4 Å². The van der Waals surface area contributed by atoms with E-state index in [4.69, 9.17) is 26.2 Å². The number of fused-ring (bicyclic) bond motifs is 1. The summed E-state index contributed by atoms with van der Waals surface area (Å²) in [5, 5.41) is 9.44. The molecule has 1 aromatic carbocycles. The zero-order valence-corrected chi connectivity index (χ0v) is 10.3. The molecule has 1 heterocycles. The molecular formula is C11H13ClO3S. The fourth-order valence-corrected chi connectivity index (χ4v) is 2.58. The van der Waals surface area contributed by atoms with Gasteiger partial charge in [0.25, 0.3) is 0 Å². The fraction of sp³-hybridized carbons (Fsp3) is 0.455. The van der Waals surface area contributed by atoms with Gasteiger partial charge in [-0.05, 0) is 12.1 Å². The van der Waals surface area contributed by atoms with Crippen LogP contribution < -0.4 is 4.74 Å². The summed E-state index contributed by atoms with van der Waals surface area (Å²) < 4.78 is 10.7. The van der Waals surface area contributed by atoms with Crippen LogP contribution in [0.2, 0.25) is 5.02 Å². The number of hydrogen-bond acceptors (Lipinski definition) is 4. The molecule has 2 rings (SSSR count). The van der Waals surface area contributed by atoms with Gasteiger partial charge in [0.1, 0.15) is 5.75 Å². The zero-order valence-electron chi connectivity index (χ0n) is 8.74.